The Kier molecular flexibility index (Phi) is 4.51. The molecular formula is C11H15NO4S. The van der Waals surface area contributed by atoms with E-state index in [1.807, 2.05) is 6.26 Å². The summed E-state index contributed by atoms with van der Waals surface area (Å²) in [5.41, 5.74) is 0.453. The van der Waals surface area contributed by atoms with E-state index in [1.54, 1.807) is 19.2 Å². The van der Waals surface area contributed by atoms with Gasteiger partial charge in [-0.05, 0) is 12.3 Å². The number of ether oxygens (including phenoxy) is 2. The van der Waals surface area contributed by atoms with Gasteiger partial charge in [-0.15, -0.1) is 11.8 Å². The Balaban J connectivity index is 3.33. The lowest BCUT2D eigenvalue weighted by atomic mass is 10.2. The van der Waals surface area contributed by atoms with E-state index in [1.165, 1.54) is 25.9 Å². The van der Waals surface area contributed by atoms with Crippen LogP contribution in [-0.4, -0.2) is 38.7 Å². The molecule has 0 atom stereocenters. The molecule has 0 spiro atoms. The summed E-state index contributed by atoms with van der Waals surface area (Å²) in [6.07, 6.45) is 0.861. The highest BCUT2D eigenvalue weighted by Gasteiger charge is 2.17. The normalized spacial score (nSPS) is 9.88. The number of nitrogens with zero attached hydrogens (tertiary/aromatic N) is 1. The first-order valence-corrected chi connectivity index (χ1v) is 6.04. The van der Waals surface area contributed by atoms with Gasteiger partial charge in [0, 0.05) is 13.1 Å². The summed E-state index contributed by atoms with van der Waals surface area (Å²) in [7, 11) is 4.51. The van der Waals surface area contributed by atoms with E-state index < -0.39 is 6.09 Å². The number of thioether (sulfide) groups is 1. The molecule has 1 amide bonds. The predicted molar refractivity (Wildman–Crippen MR) is 67.8 cm³/mol. The maximum Gasteiger partial charge on any atom is 0.411 e. The third-order valence-electron chi connectivity index (χ3n) is 2.33. The number of hydrogen-bond acceptors (Lipinski definition) is 4. The molecule has 0 heterocycles. The molecule has 17 heavy (non-hydrogen) atoms. The molecular weight excluding hydrogens is 242 g/mol. The van der Waals surface area contributed by atoms with Crippen molar-refractivity contribution in [1.29, 1.82) is 0 Å². The molecule has 0 bridgehead atoms. The molecule has 6 heteroatoms. The highest BCUT2D eigenvalue weighted by Crippen LogP contribution is 2.38. The largest absolute Gasteiger partial charge is 0.496 e. The number of benzene rings is 1. The zero-order chi connectivity index (χ0) is 13.0. The number of anilines is 1. The van der Waals surface area contributed by atoms with E-state index in [2.05, 4.69) is 0 Å². The molecule has 1 N–H and O–H groups in total. The van der Waals surface area contributed by atoms with Crippen molar-refractivity contribution in [3.63, 3.8) is 0 Å². The Morgan fingerprint density at radius 2 is 1.88 bits per heavy atom. The topological polar surface area (TPSA) is 59.0 Å². The number of carboxylic acid groups (broad SMARTS) is 1. The smallest absolute Gasteiger partial charge is 0.411 e. The van der Waals surface area contributed by atoms with Gasteiger partial charge in [0.05, 0.1) is 24.8 Å². The van der Waals surface area contributed by atoms with E-state index in [0.29, 0.717) is 17.2 Å². The van der Waals surface area contributed by atoms with Crippen LogP contribution in [0.4, 0.5) is 10.5 Å². The van der Waals surface area contributed by atoms with Crippen LogP contribution in [0.25, 0.3) is 0 Å². The molecule has 0 saturated carbocycles. The quantitative estimate of drug-likeness (QED) is 0.840. The summed E-state index contributed by atoms with van der Waals surface area (Å²) >= 11 is 1.51. The van der Waals surface area contributed by atoms with Gasteiger partial charge in [-0.25, -0.2) is 4.79 Å². The summed E-state index contributed by atoms with van der Waals surface area (Å²) < 4.78 is 10.4. The number of methoxy groups -OCH3 is 2. The van der Waals surface area contributed by atoms with Crippen LogP contribution in [0.3, 0.4) is 0 Å². The Morgan fingerprint density at radius 3 is 2.29 bits per heavy atom. The molecule has 0 aliphatic carbocycles. The van der Waals surface area contributed by atoms with Gasteiger partial charge in [0.25, 0.3) is 0 Å². The molecule has 0 aliphatic rings. The van der Waals surface area contributed by atoms with Gasteiger partial charge in [0.1, 0.15) is 11.5 Å². The highest BCUT2D eigenvalue weighted by molar-refractivity contribution is 7.98. The van der Waals surface area contributed by atoms with Crippen molar-refractivity contribution in [1.82, 2.24) is 0 Å². The Labute approximate surface area is 104 Å². The number of hydrogen-bond donors (Lipinski definition) is 1. The van der Waals surface area contributed by atoms with Crippen molar-refractivity contribution >= 4 is 23.5 Å². The standard InChI is InChI=1S/C11H15NO4S/c1-12(11(13)14)7-5-9(16-3)10(17-4)6-8(7)15-2/h5-6H,1-4H3,(H,13,14). The first-order chi connectivity index (χ1) is 8.04. The lowest BCUT2D eigenvalue weighted by Crippen LogP contribution is -2.24. The van der Waals surface area contributed by atoms with E-state index in [9.17, 15) is 4.79 Å². The minimum absolute atomic E-state index is 0.453. The fraction of sp³-hybridized carbons (Fsp3) is 0.364. The van der Waals surface area contributed by atoms with Crippen LogP contribution >= 0.6 is 11.8 Å². The third-order valence-corrected chi connectivity index (χ3v) is 3.09. The fourth-order valence-corrected chi connectivity index (χ4v) is 1.95. The molecule has 1 aromatic rings. The van der Waals surface area contributed by atoms with E-state index in [-0.39, 0.29) is 0 Å². The second-order valence-corrected chi connectivity index (χ2v) is 4.07. The van der Waals surface area contributed by atoms with Gasteiger partial charge in [-0.3, -0.25) is 4.90 Å². The van der Waals surface area contributed by atoms with Crippen LogP contribution in [-0.2, 0) is 0 Å². The van der Waals surface area contributed by atoms with E-state index in [4.69, 9.17) is 14.6 Å². The van der Waals surface area contributed by atoms with Crippen LogP contribution < -0.4 is 14.4 Å². The SMILES string of the molecule is COc1cc(N(C)C(=O)O)c(OC)cc1SC. The summed E-state index contributed by atoms with van der Waals surface area (Å²) in [5, 5.41) is 8.97. The van der Waals surface area contributed by atoms with Gasteiger partial charge in [0.2, 0.25) is 0 Å². The molecule has 0 aromatic heterocycles. The highest BCUT2D eigenvalue weighted by atomic mass is 32.2. The van der Waals surface area contributed by atoms with Crippen LogP contribution in [0, 0.1) is 0 Å². The Hall–Kier alpha value is -1.56. The Morgan fingerprint density at radius 1 is 1.29 bits per heavy atom. The van der Waals surface area contributed by atoms with Crippen molar-refractivity contribution in [3.8, 4) is 11.5 Å². The average Bonchev–Trinajstić information content (AvgIpc) is 2.35. The van der Waals surface area contributed by atoms with Crippen molar-refractivity contribution in [2.24, 2.45) is 0 Å². The van der Waals surface area contributed by atoms with Crippen LogP contribution in [0.5, 0.6) is 11.5 Å². The lowest BCUT2D eigenvalue weighted by molar-refractivity contribution is 0.203. The summed E-state index contributed by atoms with van der Waals surface area (Å²) in [6.45, 7) is 0. The van der Waals surface area contributed by atoms with Crippen LogP contribution in [0.15, 0.2) is 17.0 Å². The minimum Gasteiger partial charge on any atom is -0.496 e. The van der Waals surface area contributed by atoms with Gasteiger partial charge in [-0.2, -0.15) is 0 Å². The maximum atomic E-state index is 10.9. The molecule has 0 radical (unpaired) electrons. The summed E-state index contributed by atoms with van der Waals surface area (Å²) in [5.74, 6) is 1.13. The first kappa shape index (κ1) is 13.5. The Bertz CT molecular complexity index is 422. The second-order valence-electron chi connectivity index (χ2n) is 3.22. The second kappa shape index (κ2) is 5.67. The maximum absolute atomic E-state index is 10.9. The summed E-state index contributed by atoms with van der Waals surface area (Å²) in [4.78, 5) is 12.9. The van der Waals surface area contributed by atoms with E-state index in [0.717, 1.165) is 9.80 Å². The van der Waals surface area contributed by atoms with Gasteiger partial charge in [-0.1, -0.05) is 0 Å². The number of amides is 1. The first-order valence-electron chi connectivity index (χ1n) is 4.81. The molecule has 0 saturated heterocycles. The van der Waals surface area contributed by atoms with Gasteiger partial charge in [0.15, 0.2) is 0 Å². The zero-order valence-electron chi connectivity index (χ0n) is 10.2. The third kappa shape index (κ3) is 2.76. The average molecular weight is 257 g/mol. The predicted octanol–water partition coefficient (Wildman–Crippen LogP) is 2.54. The van der Waals surface area contributed by atoms with Crippen molar-refractivity contribution < 1.29 is 19.4 Å². The molecule has 0 aliphatic heterocycles. The number of rotatable bonds is 4. The molecule has 0 unspecified atom stereocenters. The monoisotopic (exact) mass is 257 g/mol. The van der Waals surface area contributed by atoms with Crippen LogP contribution in [0.2, 0.25) is 0 Å². The van der Waals surface area contributed by atoms with Crippen molar-refractivity contribution in [2.45, 2.75) is 4.90 Å². The number of carbonyl (C=O) groups is 1. The van der Waals surface area contributed by atoms with Crippen LogP contribution in [0.1, 0.15) is 0 Å². The molecule has 1 rings (SSSR count). The van der Waals surface area contributed by atoms with E-state index >= 15 is 0 Å². The lowest BCUT2D eigenvalue weighted by Gasteiger charge is -2.19. The zero-order valence-corrected chi connectivity index (χ0v) is 11.0. The molecule has 0 fully saturated rings. The summed E-state index contributed by atoms with van der Waals surface area (Å²) in [6, 6.07) is 3.41. The molecule has 94 valence electrons. The minimum atomic E-state index is -1.05. The van der Waals surface area contributed by atoms with Crippen molar-refractivity contribution in [3.05, 3.63) is 12.1 Å². The van der Waals surface area contributed by atoms with Gasteiger partial charge >= 0.3 is 6.09 Å². The van der Waals surface area contributed by atoms with Gasteiger partial charge < -0.3 is 14.6 Å². The molecule has 1 aromatic carbocycles. The fourth-order valence-electron chi connectivity index (χ4n) is 1.38. The van der Waals surface area contributed by atoms with Crippen molar-refractivity contribution in [2.75, 3.05) is 32.4 Å². The molecule has 5 nitrogen and oxygen atoms in total.